The summed E-state index contributed by atoms with van der Waals surface area (Å²) in [6, 6.07) is 8.13. The molecular weight excluding hydrogens is 258 g/mol. The molecule has 0 radical (unpaired) electrons. The van der Waals surface area contributed by atoms with Crippen molar-refractivity contribution in [2.75, 3.05) is 17.8 Å². The molecule has 5 heteroatoms. The number of thioether (sulfide) groups is 1. The quantitative estimate of drug-likeness (QED) is 0.518. The standard InChI is InChI=1S/C14H15N3OS/c1-3-5-11-9-17(16-14(11)15-10-18)12-6-4-7-13(8-12)19-2/h1,4,6-8,10-11H,5,9H2,2H3,(H,15,16,18). The van der Waals surface area contributed by atoms with E-state index in [9.17, 15) is 4.79 Å². The van der Waals surface area contributed by atoms with E-state index < -0.39 is 0 Å². The van der Waals surface area contributed by atoms with E-state index >= 15 is 0 Å². The number of carbonyl (C=O) groups is 1. The summed E-state index contributed by atoms with van der Waals surface area (Å²) in [4.78, 5) is 11.8. The first kappa shape index (κ1) is 13.5. The van der Waals surface area contributed by atoms with Crippen LogP contribution in [0.5, 0.6) is 0 Å². The van der Waals surface area contributed by atoms with Gasteiger partial charge in [-0.25, -0.2) is 0 Å². The Hall–Kier alpha value is -1.93. The van der Waals surface area contributed by atoms with Gasteiger partial charge in [0.1, 0.15) is 5.84 Å². The second kappa shape index (κ2) is 6.30. The SMILES string of the molecule is C#CCC1CN(c2cccc(SC)c2)N=C1NC=O. The number of hydrazone groups is 1. The minimum absolute atomic E-state index is 0.0770. The number of amidine groups is 1. The molecule has 4 nitrogen and oxygen atoms in total. The van der Waals surface area contributed by atoms with Gasteiger partial charge in [-0.3, -0.25) is 9.80 Å². The lowest BCUT2D eigenvalue weighted by molar-refractivity contribution is -0.108. The molecule has 1 aliphatic heterocycles. The van der Waals surface area contributed by atoms with E-state index in [0.717, 1.165) is 5.69 Å². The maximum Gasteiger partial charge on any atom is 0.212 e. The fraction of sp³-hybridized carbons (Fsp3) is 0.286. The zero-order valence-corrected chi connectivity index (χ0v) is 11.5. The molecule has 98 valence electrons. The molecule has 1 aliphatic rings. The first-order valence-electron chi connectivity index (χ1n) is 5.92. The van der Waals surface area contributed by atoms with Crippen LogP contribution in [0, 0.1) is 18.3 Å². The van der Waals surface area contributed by atoms with Crippen molar-refractivity contribution in [3.8, 4) is 12.3 Å². The molecule has 0 saturated heterocycles. The monoisotopic (exact) mass is 273 g/mol. The van der Waals surface area contributed by atoms with E-state index in [1.165, 1.54) is 4.90 Å². The summed E-state index contributed by atoms with van der Waals surface area (Å²) in [6.07, 6.45) is 8.60. The lowest BCUT2D eigenvalue weighted by atomic mass is 10.1. The lowest BCUT2D eigenvalue weighted by Crippen LogP contribution is -2.28. The highest BCUT2D eigenvalue weighted by Crippen LogP contribution is 2.26. The van der Waals surface area contributed by atoms with Crippen LogP contribution in [0.1, 0.15) is 6.42 Å². The zero-order chi connectivity index (χ0) is 13.7. The fourth-order valence-electron chi connectivity index (χ4n) is 1.99. The first-order chi connectivity index (χ1) is 9.28. The van der Waals surface area contributed by atoms with Crippen LogP contribution >= 0.6 is 11.8 Å². The number of benzene rings is 1. The van der Waals surface area contributed by atoms with Crippen molar-refractivity contribution in [3.05, 3.63) is 24.3 Å². The predicted molar refractivity (Wildman–Crippen MR) is 79.1 cm³/mol. The second-order valence-electron chi connectivity index (χ2n) is 4.14. The van der Waals surface area contributed by atoms with Crippen molar-refractivity contribution < 1.29 is 4.79 Å². The molecule has 0 spiro atoms. The van der Waals surface area contributed by atoms with Gasteiger partial charge >= 0.3 is 0 Å². The number of amides is 1. The molecule has 0 bridgehead atoms. The maximum absolute atomic E-state index is 10.6. The van der Waals surface area contributed by atoms with E-state index in [1.807, 2.05) is 23.4 Å². The van der Waals surface area contributed by atoms with Gasteiger partial charge in [0, 0.05) is 17.2 Å². The molecule has 1 atom stereocenters. The van der Waals surface area contributed by atoms with Gasteiger partial charge in [0.25, 0.3) is 0 Å². The third-order valence-electron chi connectivity index (χ3n) is 2.93. The Morgan fingerprint density at radius 2 is 2.53 bits per heavy atom. The van der Waals surface area contributed by atoms with Gasteiger partial charge in [0.15, 0.2) is 0 Å². The summed E-state index contributed by atoms with van der Waals surface area (Å²) < 4.78 is 0. The van der Waals surface area contributed by atoms with Crippen LogP contribution in [0.15, 0.2) is 34.3 Å². The van der Waals surface area contributed by atoms with E-state index in [1.54, 1.807) is 11.8 Å². The van der Waals surface area contributed by atoms with Crippen LogP contribution in [-0.2, 0) is 4.79 Å². The van der Waals surface area contributed by atoms with Crippen LogP contribution in [0.4, 0.5) is 5.69 Å². The fourth-order valence-corrected chi connectivity index (χ4v) is 2.45. The van der Waals surface area contributed by atoms with Gasteiger partial charge in [0.05, 0.1) is 12.2 Å². The maximum atomic E-state index is 10.6. The van der Waals surface area contributed by atoms with E-state index in [0.29, 0.717) is 25.2 Å². The highest BCUT2D eigenvalue weighted by Gasteiger charge is 2.26. The molecule has 0 aromatic heterocycles. The third-order valence-corrected chi connectivity index (χ3v) is 3.66. The van der Waals surface area contributed by atoms with Crippen molar-refractivity contribution in [3.63, 3.8) is 0 Å². The number of rotatable bonds is 4. The Morgan fingerprint density at radius 1 is 1.68 bits per heavy atom. The summed E-state index contributed by atoms with van der Waals surface area (Å²) in [5.74, 6) is 3.34. The molecule has 0 saturated carbocycles. The largest absolute Gasteiger partial charge is 0.315 e. The average Bonchev–Trinajstić information content (AvgIpc) is 2.83. The molecule has 1 aromatic carbocycles. The number of nitrogens with zero attached hydrogens (tertiary/aromatic N) is 2. The van der Waals surface area contributed by atoms with Gasteiger partial charge in [0.2, 0.25) is 6.41 Å². The van der Waals surface area contributed by atoms with E-state index in [-0.39, 0.29) is 5.92 Å². The molecule has 0 aliphatic carbocycles. The number of carbonyl (C=O) groups excluding carboxylic acids is 1. The van der Waals surface area contributed by atoms with Gasteiger partial charge < -0.3 is 5.32 Å². The third kappa shape index (κ3) is 3.09. The second-order valence-corrected chi connectivity index (χ2v) is 5.02. The molecule has 2 rings (SSSR count). The predicted octanol–water partition coefficient (Wildman–Crippen LogP) is 1.93. The topological polar surface area (TPSA) is 44.7 Å². The van der Waals surface area contributed by atoms with Crippen LogP contribution in [0.25, 0.3) is 0 Å². The highest BCUT2D eigenvalue weighted by molar-refractivity contribution is 7.98. The Bertz CT molecular complexity index is 536. The summed E-state index contributed by atoms with van der Waals surface area (Å²) in [5, 5.41) is 8.94. The number of nitrogens with one attached hydrogen (secondary N) is 1. The van der Waals surface area contributed by atoms with Crippen molar-refractivity contribution in [2.45, 2.75) is 11.3 Å². The molecule has 1 heterocycles. The van der Waals surface area contributed by atoms with Crippen molar-refractivity contribution in [1.82, 2.24) is 5.32 Å². The number of hydrogen-bond acceptors (Lipinski definition) is 4. The average molecular weight is 273 g/mol. The van der Waals surface area contributed by atoms with Gasteiger partial charge in [-0.05, 0) is 24.5 Å². The van der Waals surface area contributed by atoms with Crippen LogP contribution < -0.4 is 10.3 Å². The molecule has 1 amide bonds. The molecular formula is C14H15N3OS. The Labute approximate surface area is 117 Å². The van der Waals surface area contributed by atoms with Gasteiger partial charge in [-0.1, -0.05) is 6.07 Å². The van der Waals surface area contributed by atoms with Crippen LogP contribution in [0.2, 0.25) is 0 Å². The number of hydrogen-bond donors (Lipinski definition) is 1. The number of anilines is 1. The summed E-state index contributed by atoms with van der Waals surface area (Å²) in [5.41, 5.74) is 1.01. The Balaban J connectivity index is 2.21. The first-order valence-corrected chi connectivity index (χ1v) is 7.14. The van der Waals surface area contributed by atoms with Crippen molar-refractivity contribution in [2.24, 2.45) is 11.0 Å². The Morgan fingerprint density at radius 3 is 3.21 bits per heavy atom. The van der Waals surface area contributed by atoms with Gasteiger partial charge in [-0.2, -0.15) is 5.10 Å². The summed E-state index contributed by atoms with van der Waals surface area (Å²) in [7, 11) is 0. The molecule has 1 aromatic rings. The summed E-state index contributed by atoms with van der Waals surface area (Å²) >= 11 is 1.68. The van der Waals surface area contributed by atoms with Gasteiger partial charge in [-0.15, -0.1) is 24.1 Å². The minimum Gasteiger partial charge on any atom is -0.315 e. The van der Waals surface area contributed by atoms with Crippen LogP contribution in [0.3, 0.4) is 0 Å². The molecule has 1 unspecified atom stereocenters. The van der Waals surface area contributed by atoms with E-state index in [4.69, 9.17) is 6.42 Å². The van der Waals surface area contributed by atoms with Crippen LogP contribution in [-0.4, -0.2) is 25.0 Å². The Kier molecular flexibility index (Phi) is 4.48. The van der Waals surface area contributed by atoms with E-state index in [2.05, 4.69) is 28.5 Å². The van der Waals surface area contributed by atoms with Crippen molar-refractivity contribution in [1.29, 1.82) is 0 Å². The number of terminal acetylenes is 1. The highest BCUT2D eigenvalue weighted by atomic mass is 32.2. The lowest BCUT2D eigenvalue weighted by Gasteiger charge is -2.15. The minimum atomic E-state index is 0.0770. The normalized spacial score (nSPS) is 17.8. The molecule has 19 heavy (non-hydrogen) atoms. The van der Waals surface area contributed by atoms with Crippen molar-refractivity contribution >= 4 is 29.7 Å². The summed E-state index contributed by atoms with van der Waals surface area (Å²) in [6.45, 7) is 0.693. The zero-order valence-electron chi connectivity index (χ0n) is 10.7. The smallest absolute Gasteiger partial charge is 0.212 e. The molecule has 1 N–H and O–H groups in total. The molecule has 0 fully saturated rings.